The van der Waals surface area contributed by atoms with Crippen LogP contribution < -0.4 is 0 Å². The van der Waals surface area contributed by atoms with Gasteiger partial charge >= 0.3 is 0 Å². The van der Waals surface area contributed by atoms with Gasteiger partial charge in [-0.1, -0.05) is 26.0 Å². The third-order valence-electron chi connectivity index (χ3n) is 5.31. The third-order valence-corrected chi connectivity index (χ3v) is 9.24. The molecule has 10 heteroatoms. The summed E-state index contributed by atoms with van der Waals surface area (Å²) in [5.74, 6) is 0.616. The number of nitrogens with zero attached hydrogens (tertiary/aromatic N) is 4. The van der Waals surface area contributed by atoms with E-state index in [0.29, 0.717) is 24.9 Å². The van der Waals surface area contributed by atoms with Crippen LogP contribution in [0.2, 0.25) is 0 Å². The maximum atomic E-state index is 13.0. The summed E-state index contributed by atoms with van der Waals surface area (Å²) in [6.07, 6.45) is 1.01. The molecular weight excluding hydrogens is 400 g/mol. The van der Waals surface area contributed by atoms with Gasteiger partial charge in [-0.3, -0.25) is 0 Å². The van der Waals surface area contributed by atoms with Gasteiger partial charge in [-0.15, -0.1) is 0 Å². The molecule has 2 aliphatic heterocycles. The van der Waals surface area contributed by atoms with Crippen LogP contribution in [0.3, 0.4) is 0 Å². The molecule has 154 valence electrons. The number of benzene rings is 1. The minimum Gasteiger partial charge on any atom is -0.207 e. The molecule has 0 amide bonds. The Hall–Kier alpha value is -1.51. The summed E-state index contributed by atoms with van der Waals surface area (Å²) in [5.41, 5.74) is 0.0915. The average molecular weight is 427 g/mol. The molecule has 0 N–H and O–H groups in total. The Balaban J connectivity index is 1.73. The maximum absolute atomic E-state index is 13.0. The van der Waals surface area contributed by atoms with E-state index >= 15 is 0 Å². The van der Waals surface area contributed by atoms with Gasteiger partial charge in [-0.25, -0.2) is 8.42 Å². The van der Waals surface area contributed by atoms with E-state index in [4.69, 9.17) is 0 Å². The van der Waals surface area contributed by atoms with Crippen molar-refractivity contribution in [2.24, 2.45) is 11.8 Å². The van der Waals surface area contributed by atoms with E-state index in [-0.39, 0.29) is 36.6 Å². The zero-order valence-corrected chi connectivity index (χ0v) is 17.8. The van der Waals surface area contributed by atoms with Gasteiger partial charge in [0.2, 0.25) is 10.0 Å². The zero-order chi connectivity index (χ0) is 20.5. The van der Waals surface area contributed by atoms with Crippen molar-refractivity contribution in [2.45, 2.75) is 25.2 Å². The highest BCUT2D eigenvalue weighted by molar-refractivity contribution is 7.89. The first kappa shape index (κ1) is 21.2. The highest BCUT2D eigenvalue weighted by atomic mass is 32.2. The van der Waals surface area contributed by atoms with Gasteiger partial charge in [0.1, 0.15) is 6.07 Å². The smallest absolute Gasteiger partial charge is 0.207 e. The largest absolute Gasteiger partial charge is 0.282 e. The van der Waals surface area contributed by atoms with Crippen LogP contribution in [-0.2, 0) is 20.2 Å². The van der Waals surface area contributed by atoms with Crippen molar-refractivity contribution in [2.75, 3.05) is 39.3 Å². The first-order valence-electron chi connectivity index (χ1n) is 9.40. The summed E-state index contributed by atoms with van der Waals surface area (Å²) in [6.45, 7) is 5.46. The van der Waals surface area contributed by atoms with Gasteiger partial charge in [0.25, 0.3) is 10.2 Å². The van der Waals surface area contributed by atoms with Gasteiger partial charge in [0.15, 0.2) is 0 Å². The van der Waals surface area contributed by atoms with E-state index < -0.39 is 20.2 Å². The molecule has 0 aromatic heterocycles. The van der Waals surface area contributed by atoms with Crippen LogP contribution in [0.4, 0.5) is 0 Å². The van der Waals surface area contributed by atoms with E-state index in [1.807, 2.05) is 6.07 Å². The number of hydrogen-bond acceptors (Lipinski definition) is 5. The zero-order valence-electron chi connectivity index (χ0n) is 16.2. The van der Waals surface area contributed by atoms with Crippen molar-refractivity contribution >= 4 is 20.2 Å². The third kappa shape index (κ3) is 4.09. The molecule has 2 atom stereocenters. The highest BCUT2D eigenvalue weighted by Crippen LogP contribution is 2.26. The minimum atomic E-state index is -3.84. The number of piperidine rings is 1. The second kappa shape index (κ2) is 8.08. The maximum Gasteiger partial charge on any atom is 0.282 e. The predicted molar refractivity (Wildman–Crippen MR) is 105 cm³/mol. The molecule has 1 aromatic carbocycles. The van der Waals surface area contributed by atoms with Gasteiger partial charge < -0.3 is 0 Å². The predicted octanol–water partition coefficient (Wildman–Crippen LogP) is 1.09. The van der Waals surface area contributed by atoms with Gasteiger partial charge in [-0.2, -0.15) is 26.6 Å². The Bertz CT molecular complexity index is 954. The Morgan fingerprint density at radius 2 is 1.43 bits per heavy atom. The van der Waals surface area contributed by atoms with Gasteiger partial charge in [0.05, 0.1) is 10.5 Å². The van der Waals surface area contributed by atoms with E-state index in [0.717, 1.165) is 6.42 Å². The normalized spacial score (nSPS) is 26.0. The monoisotopic (exact) mass is 426 g/mol. The molecule has 0 unspecified atom stereocenters. The lowest BCUT2D eigenvalue weighted by Crippen LogP contribution is -2.56. The van der Waals surface area contributed by atoms with Crippen LogP contribution in [0, 0.1) is 23.2 Å². The second-order valence-electron chi connectivity index (χ2n) is 7.68. The number of piperazine rings is 1. The summed E-state index contributed by atoms with van der Waals surface area (Å²) >= 11 is 0. The summed E-state index contributed by atoms with van der Waals surface area (Å²) in [5, 5.41) is 9.19. The lowest BCUT2D eigenvalue weighted by Gasteiger charge is -2.40. The molecule has 0 spiro atoms. The van der Waals surface area contributed by atoms with Crippen molar-refractivity contribution < 1.29 is 16.8 Å². The van der Waals surface area contributed by atoms with Crippen molar-refractivity contribution in [3.63, 3.8) is 0 Å². The molecule has 2 heterocycles. The number of rotatable bonds is 4. The van der Waals surface area contributed by atoms with Crippen LogP contribution in [-0.4, -0.2) is 69.0 Å². The van der Waals surface area contributed by atoms with Crippen LogP contribution in [0.5, 0.6) is 0 Å². The quantitative estimate of drug-likeness (QED) is 0.717. The fourth-order valence-corrected chi connectivity index (χ4v) is 7.42. The highest BCUT2D eigenvalue weighted by Gasteiger charge is 2.38. The molecule has 0 radical (unpaired) electrons. The van der Waals surface area contributed by atoms with Crippen LogP contribution in [0.15, 0.2) is 29.2 Å². The van der Waals surface area contributed by atoms with Crippen molar-refractivity contribution in [3.05, 3.63) is 29.8 Å². The fraction of sp³-hybridized carbons (Fsp3) is 0.611. The van der Waals surface area contributed by atoms with Crippen LogP contribution >= 0.6 is 0 Å². The first-order chi connectivity index (χ1) is 13.2. The molecule has 0 aliphatic carbocycles. The van der Waals surface area contributed by atoms with Crippen LogP contribution in [0.1, 0.15) is 25.8 Å². The summed E-state index contributed by atoms with van der Waals surface area (Å²) in [4.78, 5) is -0.0347. The van der Waals surface area contributed by atoms with Gasteiger partial charge in [-0.05, 0) is 30.4 Å². The molecule has 1 aromatic rings. The summed E-state index contributed by atoms with van der Waals surface area (Å²) in [7, 11) is -7.44. The van der Waals surface area contributed by atoms with E-state index in [2.05, 4.69) is 13.8 Å². The Morgan fingerprint density at radius 3 is 2.00 bits per heavy atom. The standard InChI is InChI=1S/C18H26N4O4S2/c1-15-11-16(2)14-22(13-15)28(25,26)21-9-7-20(8-10-21)27(23,24)18-6-4-3-5-17(18)12-19/h3-6,15-16H,7-11,13-14H2,1-2H3/t15-,16+. The molecule has 3 rings (SSSR count). The molecule has 28 heavy (non-hydrogen) atoms. The van der Waals surface area contributed by atoms with E-state index in [1.165, 1.54) is 25.0 Å². The first-order valence-corrected chi connectivity index (χ1v) is 12.2. The summed E-state index contributed by atoms with van der Waals surface area (Å²) in [6, 6.07) is 7.97. The molecule has 2 aliphatic rings. The summed E-state index contributed by atoms with van der Waals surface area (Å²) < 4.78 is 56.0. The van der Waals surface area contributed by atoms with E-state index in [9.17, 15) is 22.1 Å². The Labute approximate surface area is 167 Å². The molecule has 2 fully saturated rings. The van der Waals surface area contributed by atoms with Gasteiger partial charge in [0, 0.05) is 39.3 Å². The molecule has 0 bridgehead atoms. The lowest BCUT2D eigenvalue weighted by molar-refractivity contribution is 0.197. The van der Waals surface area contributed by atoms with Crippen LogP contribution in [0.25, 0.3) is 0 Å². The number of sulfonamides is 1. The molecule has 8 nitrogen and oxygen atoms in total. The molecular formula is C18H26N4O4S2. The minimum absolute atomic E-state index is 0.0347. The molecule has 0 saturated carbocycles. The van der Waals surface area contributed by atoms with Crippen molar-refractivity contribution in [1.29, 1.82) is 5.26 Å². The second-order valence-corrected chi connectivity index (χ2v) is 11.5. The topological polar surface area (TPSA) is 102 Å². The number of hydrogen-bond donors (Lipinski definition) is 0. The van der Waals surface area contributed by atoms with Crippen molar-refractivity contribution in [1.82, 2.24) is 12.9 Å². The Kier molecular flexibility index (Phi) is 6.12. The number of nitriles is 1. The van der Waals surface area contributed by atoms with E-state index in [1.54, 1.807) is 12.1 Å². The van der Waals surface area contributed by atoms with Crippen molar-refractivity contribution in [3.8, 4) is 6.07 Å². The lowest BCUT2D eigenvalue weighted by atomic mass is 9.94. The average Bonchev–Trinajstić information content (AvgIpc) is 2.67. The molecule has 2 saturated heterocycles. The Morgan fingerprint density at radius 1 is 0.893 bits per heavy atom. The fourth-order valence-electron chi connectivity index (χ4n) is 4.02. The SMILES string of the molecule is C[C@@H]1C[C@H](C)CN(S(=O)(=O)N2CCN(S(=O)(=O)c3ccccc3C#N)CC2)C1.